The Morgan fingerprint density at radius 1 is 1.19 bits per heavy atom. The Balaban J connectivity index is 1.50. The largest absolute Gasteiger partial charge is 0.497 e. The van der Waals surface area contributed by atoms with E-state index in [2.05, 4.69) is 10.3 Å². The number of carbonyl (C=O) groups is 1. The zero-order valence-corrected chi connectivity index (χ0v) is 18.6. The number of aromatic nitrogens is 1. The van der Waals surface area contributed by atoms with Gasteiger partial charge in [-0.3, -0.25) is 4.79 Å². The van der Waals surface area contributed by atoms with Crippen LogP contribution in [0.25, 0.3) is 11.3 Å². The summed E-state index contributed by atoms with van der Waals surface area (Å²) in [7, 11) is 5.57. The molecule has 0 spiro atoms. The molecule has 0 atom stereocenters. The van der Waals surface area contributed by atoms with Gasteiger partial charge < -0.3 is 24.1 Å². The molecule has 1 amide bonds. The van der Waals surface area contributed by atoms with Gasteiger partial charge in [0.25, 0.3) is 0 Å². The van der Waals surface area contributed by atoms with Crippen molar-refractivity contribution in [3.05, 3.63) is 59.6 Å². The Kier molecular flexibility index (Phi) is 7.92. The summed E-state index contributed by atoms with van der Waals surface area (Å²) in [5.74, 6) is 2.36. The van der Waals surface area contributed by atoms with Crippen molar-refractivity contribution >= 4 is 23.2 Å². The Labute approximate surface area is 186 Å². The van der Waals surface area contributed by atoms with E-state index in [-0.39, 0.29) is 12.3 Å². The summed E-state index contributed by atoms with van der Waals surface area (Å²) >= 11 is 6.26. The molecule has 31 heavy (non-hydrogen) atoms. The standard InChI is InChI=1S/C23H26ClN3O4/c1-27(2)12-13-30-20-9-6-17(14-19(20)24)26-22(28)10-11-23-25-15-21(31-23)16-4-7-18(29-3)8-5-16/h4-9,14-15H,10-13H2,1-3H3,(H,26,28). The molecule has 0 radical (unpaired) electrons. The molecule has 0 saturated heterocycles. The van der Waals surface area contributed by atoms with E-state index in [1.54, 1.807) is 31.5 Å². The maximum absolute atomic E-state index is 12.3. The first-order valence-corrected chi connectivity index (χ1v) is 10.3. The molecule has 0 unspecified atom stereocenters. The lowest BCUT2D eigenvalue weighted by Gasteiger charge is -2.13. The number of oxazole rings is 1. The molecule has 0 saturated carbocycles. The first-order chi connectivity index (χ1) is 14.9. The maximum atomic E-state index is 12.3. The third-order valence-corrected chi connectivity index (χ3v) is 4.80. The van der Waals surface area contributed by atoms with Crippen molar-refractivity contribution in [3.8, 4) is 22.8 Å². The first kappa shape index (κ1) is 22.7. The number of halogens is 1. The fourth-order valence-corrected chi connectivity index (χ4v) is 3.03. The lowest BCUT2D eigenvalue weighted by atomic mass is 10.2. The zero-order chi connectivity index (χ0) is 22.2. The van der Waals surface area contributed by atoms with Crippen molar-refractivity contribution in [2.75, 3.05) is 39.7 Å². The molecule has 164 valence electrons. The van der Waals surface area contributed by atoms with Gasteiger partial charge in [0.05, 0.1) is 18.3 Å². The number of likely N-dealkylation sites (N-methyl/N-ethyl adjacent to an activating group) is 1. The zero-order valence-electron chi connectivity index (χ0n) is 17.9. The maximum Gasteiger partial charge on any atom is 0.224 e. The summed E-state index contributed by atoms with van der Waals surface area (Å²) in [6.07, 6.45) is 2.28. The summed E-state index contributed by atoms with van der Waals surface area (Å²) in [5.41, 5.74) is 1.51. The van der Waals surface area contributed by atoms with Gasteiger partial charge in [-0.1, -0.05) is 11.6 Å². The van der Waals surface area contributed by atoms with Gasteiger partial charge in [0.1, 0.15) is 18.1 Å². The molecule has 0 bridgehead atoms. The molecule has 0 aliphatic rings. The number of aryl methyl sites for hydroxylation is 1. The average Bonchev–Trinajstić information content (AvgIpc) is 3.23. The van der Waals surface area contributed by atoms with E-state index in [9.17, 15) is 4.79 Å². The van der Waals surface area contributed by atoms with Gasteiger partial charge >= 0.3 is 0 Å². The average molecular weight is 444 g/mol. The third-order valence-electron chi connectivity index (χ3n) is 4.51. The van der Waals surface area contributed by atoms with Crippen LogP contribution < -0.4 is 14.8 Å². The minimum atomic E-state index is -0.151. The van der Waals surface area contributed by atoms with E-state index in [1.807, 2.05) is 43.3 Å². The molecular formula is C23H26ClN3O4. The lowest BCUT2D eigenvalue weighted by Crippen LogP contribution is -2.19. The van der Waals surface area contributed by atoms with E-state index < -0.39 is 0 Å². The molecule has 0 aliphatic heterocycles. The highest BCUT2D eigenvalue weighted by Gasteiger charge is 2.11. The van der Waals surface area contributed by atoms with Crippen LogP contribution in [0.5, 0.6) is 11.5 Å². The van der Waals surface area contributed by atoms with Crippen LogP contribution in [-0.4, -0.2) is 50.1 Å². The summed E-state index contributed by atoms with van der Waals surface area (Å²) in [4.78, 5) is 18.6. The molecule has 7 nitrogen and oxygen atoms in total. The first-order valence-electron chi connectivity index (χ1n) is 9.90. The number of ether oxygens (including phenoxy) is 2. The van der Waals surface area contributed by atoms with Crippen LogP contribution in [-0.2, 0) is 11.2 Å². The van der Waals surface area contributed by atoms with Crippen molar-refractivity contribution in [1.82, 2.24) is 9.88 Å². The SMILES string of the molecule is COc1ccc(-c2cnc(CCC(=O)Nc3ccc(OCCN(C)C)c(Cl)c3)o2)cc1. The number of hydrogen-bond acceptors (Lipinski definition) is 6. The van der Waals surface area contributed by atoms with Gasteiger partial charge in [-0.25, -0.2) is 4.98 Å². The highest BCUT2D eigenvalue weighted by molar-refractivity contribution is 6.32. The third kappa shape index (κ3) is 6.73. The number of nitrogens with zero attached hydrogens (tertiary/aromatic N) is 2. The molecule has 3 aromatic rings. The Hall–Kier alpha value is -3.03. The molecule has 1 heterocycles. The van der Waals surface area contributed by atoms with E-state index in [0.717, 1.165) is 17.9 Å². The fourth-order valence-electron chi connectivity index (χ4n) is 2.79. The minimum absolute atomic E-state index is 0.151. The van der Waals surface area contributed by atoms with Crippen molar-refractivity contribution in [1.29, 1.82) is 0 Å². The van der Waals surface area contributed by atoms with Crippen LogP contribution >= 0.6 is 11.6 Å². The summed E-state index contributed by atoms with van der Waals surface area (Å²) in [5, 5.41) is 3.29. The fraction of sp³-hybridized carbons (Fsp3) is 0.304. The van der Waals surface area contributed by atoms with Gasteiger partial charge in [-0.2, -0.15) is 0 Å². The van der Waals surface area contributed by atoms with Crippen LogP contribution in [0.2, 0.25) is 5.02 Å². The second kappa shape index (κ2) is 10.8. The number of hydrogen-bond donors (Lipinski definition) is 1. The second-order valence-electron chi connectivity index (χ2n) is 7.19. The predicted octanol–water partition coefficient (Wildman–Crippen LogP) is 4.52. The van der Waals surface area contributed by atoms with E-state index >= 15 is 0 Å². The van der Waals surface area contributed by atoms with Gasteiger partial charge in [0, 0.05) is 30.6 Å². The lowest BCUT2D eigenvalue weighted by molar-refractivity contribution is -0.116. The number of amides is 1. The van der Waals surface area contributed by atoms with Crippen molar-refractivity contribution in [3.63, 3.8) is 0 Å². The predicted molar refractivity (Wildman–Crippen MR) is 121 cm³/mol. The van der Waals surface area contributed by atoms with E-state index in [4.69, 9.17) is 25.5 Å². The molecule has 0 fully saturated rings. The number of rotatable bonds is 10. The van der Waals surface area contributed by atoms with Gasteiger partial charge in [-0.05, 0) is 56.6 Å². The topological polar surface area (TPSA) is 76.8 Å². The number of nitrogens with one attached hydrogen (secondary N) is 1. The second-order valence-corrected chi connectivity index (χ2v) is 7.60. The number of carbonyl (C=O) groups excluding carboxylic acids is 1. The highest BCUT2D eigenvalue weighted by Crippen LogP contribution is 2.28. The molecule has 0 aliphatic carbocycles. The van der Waals surface area contributed by atoms with Crippen LogP contribution in [0.4, 0.5) is 5.69 Å². The van der Waals surface area contributed by atoms with Crippen LogP contribution in [0.3, 0.4) is 0 Å². The molecule has 1 N–H and O–H groups in total. The van der Waals surface area contributed by atoms with E-state index in [0.29, 0.717) is 41.1 Å². The minimum Gasteiger partial charge on any atom is -0.497 e. The van der Waals surface area contributed by atoms with Gasteiger partial charge in [-0.15, -0.1) is 0 Å². The Bertz CT molecular complexity index is 1000. The normalized spacial score (nSPS) is 10.9. The molecular weight excluding hydrogens is 418 g/mol. The van der Waals surface area contributed by atoms with Crippen LogP contribution in [0, 0.1) is 0 Å². The number of benzene rings is 2. The molecule has 8 heteroatoms. The number of methoxy groups -OCH3 is 1. The Morgan fingerprint density at radius 3 is 2.65 bits per heavy atom. The van der Waals surface area contributed by atoms with Crippen LogP contribution in [0.15, 0.2) is 53.1 Å². The van der Waals surface area contributed by atoms with Crippen molar-refractivity contribution in [2.24, 2.45) is 0 Å². The highest BCUT2D eigenvalue weighted by atomic mass is 35.5. The monoisotopic (exact) mass is 443 g/mol. The number of anilines is 1. The van der Waals surface area contributed by atoms with Gasteiger partial charge in [0.15, 0.2) is 11.7 Å². The van der Waals surface area contributed by atoms with Crippen LogP contribution in [0.1, 0.15) is 12.3 Å². The summed E-state index contributed by atoms with van der Waals surface area (Å²) in [6.45, 7) is 1.32. The molecule has 2 aromatic carbocycles. The smallest absolute Gasteiger partial charge is 0.224 e. The molecule has 1 aromatic heterocycles. The molecule has 3 rings (SSSR count). The summed E-state index contributed by atoms with van der Waals surface area (Å²) < 4.78 is 16.6. The van der Waals surface area contributed by atoms with E-state index in [1.165, 1.54) is 0 Å². The van der Waals surface area contributed by atoms with Crippen molar-refractivity contribution < 1.29 is 18.7 Å². The Morgan fingerprint density at radius 2 is 1.97 bits per heavy atom. The van der Waals surface area contributed by atoms with Gasteiger partial charge in [0.2, 0.25) is 5.91 Å². The quantitative estimate of drug-likeness (QED) is 0.496. The summed E-state index contributed by atoms with van der Waals surface area (Å²) in [6, 6.07) is 12.7. The van der Waals surface area contributed by atoms with Crippen molar-refractivity contribution in [2.45, 2.75) is 12.8 Å².